The molecule has 1 amide bonds. The average molecular weight is 360 g/mol. The van der Waals surface area contributed by atoms with E-state index >= 15 is 0 Å². The first-order chi connectivity index (χ1) is 11.6. The molecule has 1 N–H and O–H groups in total. The van der Waals surface area contributed by atoms with Crippen molar-refractivity contribution in [2.24, 2.45) is 0 Å². The summed E-state index contributed by atoms with van der Waals surface area (Å²) >= 11 is 3.44. The lowest BCUT2D eigenvalue weighted by atomic mass is 10.3. The highest BCUT2D eigenvalue weighted by Crippen LogP contribution is 2.21. The molecule has 2 heterocycles. The molecule has 3 rings (SSSR count). The van der Waals surface area contributed by atoms with E-state index in [2.05, 4.69) is 34.7 Å². The molecule has 4 nitrogen and oxygen atoms in total. The third-order valence-electron chi connectivity index (χ3n) is 3.79. The van der Waals surface area contributed by atoms with Gasteiger partial charge in [0.1, 0.15) is 0 Å². The first-order valence-electron chi connectivity index (χ1n) is 7.94. The summed E-state index contributed by atoms with van der Waals surface area (Å²) in [7, 11) is 1.98. The van der Waals surface area contributed by atoms with E-state index in [-0.39, 0.29) is 5.91 Å². The van der Waals surface area contributed by atoms with E-state index in [0.29, 0.717) is 13.1 Å². The topological polar surface area (TPSA) is 45.2 Å². The zero-order valence-electron chi connectivity index (χ0n) is 13.9. The van der Waals surface area contributed by atoms with Crippen molar-refractivity contribution >= 4 is 38.8 Å². The lowest BCUT2D eigenvalue weighted by Crippen LogP contribution is -2.35. The number of thiazole rings is 1. The van der Waals surface area contributed by atoms with Crippen LogP contribution in [-0.4, -0.2) is 35.9 Å². The van der Waals surface area contributed by atoms with Crippen molar-refractivity contribution in [3.63, 3.8) is 0 Å². The second kappa shape index (κ2) is 7.88. The maximum Gasteiger partial charge on any atom is 0.234 e. The molecule has 0 aliphatic heterocycles. The predicted octanol–water partition coefficient (Wildman–Crippen LogP) is 3.46. The fraction of sp³-hybridized carbons (Fsp3) is 0.333. The first-order valence-corrected chi connectivity index (χ1v) is 9.64. The second-order valence-corrected chi connectivity index (χ2v) is 7.99. The Balaban J connectivity index is 1.43. The number of carbonyl (C=O) groups excluding carboxylic acids is 1. The van der Waals surface area contributed by atoms with Crippen molar-refractivity contribution in [1.29, 1.82) is 0 Å². The second-order valence-electron chi connectivity index (χ2n) is 5.87. The maximum absolute atomic E-state index is 12.1. The fourth-order valence-corrected chi connectivity index (χ4v) is 4.46. The molecular weight excluding hydrogens is 338 g/mol. The Morgan fingerprint density at radius 2 is 2.12 bits per heavy atom. The fourth-order valence-electron chi connectivity index (χ4n) is 2.50. The van der Waals surface area contributed by atoms with Gasteiger partial charge in [-0.2, -0.15) is 0 Å². The molecular formula is C18H21N3OS2. The Morgan fingerprint density at radius 3 is 2.88 bits per heavy atom. The van der Waals surface area contributed by atoms with Crippen LogP contribution in [0, 0.1) is 6.92 Å². The van der Waals surface area contributed by atoms with E-state index in [4.69, 9.17) is 0 Å². The molecule has 0 aliphatic rings. The summed E-state index contributed by atoms with van der Waals surface area (Å²) in [5, 5.41) is 6.15. The number of fused-ring (bicyclic) bond motifs is 1. The molecule has 3 aromatic rings. The van der Waals surface area contributed by atoms with Crippen molar-refractivity contribution in [1.82, 2.24) is 15.2 Å². The van der Waals surface area contributed by atoms with E-state index < -0.39 is 0 Å². The number of hydrogen-bond acceptors (Lipinski definition) is 5. The van der Waals surface area contributed by atoms with Crippen molar-refractivity contribution in [3.8, 4) is 0 Å². The molecule has 0 aliphatic carbocycles. The molecule has 1 aromatic carbocycles. The highest BCUT2D eigenvalue weighted by molar-refractivity contribution is 7.18. The number of aromatic nitrogens is 1. The zero-order chi connectivity index (χ0) is 16.9. The monoisotopic (exact) mass is 359 g/mol. The van der Waals surface area contributed by atoms with E-state index in [0.717, 1.165) is 23.5 Å². The lowest BCUT2D eigenvalue weighted by molar-refractivity contribution is -0.122. The SMILES string of the molecule is Cc1ccsc1CN(C)CC(=O)NCCc1nc2ccccc2s1. The van der Waals surface area contributed by atoms with Crippen LogP contribution in [0.25, 0.3) is 10.2 Å². The third kappa shape index (κ3) is 4.41. The van der Waals surface area contributed by atoms with Crippen molar-refractivity contribution in [2.75, 3.05) is 20.1 Å². The number of likely N-dealkylation sites (N-methyl/N-ethyl adjacent to an activating group) is 1. The summed E-state index contributed by atoms with van der Waals surface area (Å²) in [4.78, 5) is 20.0. The molecule has 0 spiro atoms. The van der Waals surface area contributed by atoms with E-state index in [1.807, 2.05) is 30.1 Å². The van der Waals surface area contributed by atoms with Gasteiger partial charge in [-0.25, -0.2) is 4.98 Å². The van der Waals surface area contributed by atoms with Crippen LogP contribution in [0.15, 0.2) is 35.7 Å². The smallest absolute Gasteiger partial charge is 0.234 e. The summed E-state index contributed by atoms with van der Waals surface area (Å²) in [5.41, 5.74) is 2.33. The molecule has 0 bridgehead atoms. The molecule has 0 saturated carbocycles. The van der Waals surface area contributed by atoms with E-state index in [9.17, 15) is 4.79 Å². The Kier molecular flexibility index (Phi) is 5.60. The number of benzene rings is 1. The van der Waals surface area contributed by atoms with Crippen LogP contribution >= 0.6 is 22.7 Å². The van der Waals surface area contributed by atoms with Gasteiger partial charge in [0.05, 0.1) is 21.8 Å². The zero-order valence-corrected chi connectivity index (χ0v) is 15.5. The number of aryl methyl sites for hydroxylation is 1. The minimum Gasteiger partial charge on any atom is -0.355 e. The molecule has 24 heavy (non-hydrogen) atoms. The van der Waals surface area contributed by atoms with Crippen molar-refractivity contribution in [3.05, 3.63) is 51.2 Å². The highest BCUT2D eigenvalue weighted by Gasteiger charge is 2.09. The summed E-state index contributed by atoms with van der Waals surface area (Å²) in [6.45, 7) is 3.97. The summed E-state index contributed by atoms with van der Waals surface area (Å²) in [6, 6.07) is 10.2. The molecule has 2 aromatic heterocycles. The Morgan fingerprint density at radius 1 is 1.29 bits per heavy atom. The number of rotatable bonds is 7. The van der Waals surface area contributed by atoms with Gasteiger partial charge < -0.3 is 5.32 Å². The Bertz CT molecular complexity index is 791. The molecule has 0 unspecified atom stereocenters. The van der Waals surface area contributed by atoms with Crippen LogP contribution in [0.3, 0.4) is 0 Å². The van der Waals surface area contributed by atoms with Gasteiger partial charge in [0.25, 0.3) is 0 Å². The number of nitrogens with zero attached hydrogens (tertiary/aromatic N) is 2. The molecule has 126 valence electrons. The van der Waals surface area contributed by atoms with Gasteiger partial charge in [0.2, 0.25) is 5.91 Å². The van der Waals surface area contributed by atoms with Crippen LogP contribution in [0.1, 0.15) is 15.4 Å². The summed E-state index contributed by atoms with van der Waals surface area (Å²) in [6.07, 6.45) is 0.777. The van der Waals surface area contributed by atoms with Gasteiger partial charge in [-0.05, 0) is 43.1 Å². The highest BCUT2D eigenvalue weighted by atomic mass is 32.1. The van der Waals surface area contributed by atoms with Gasteiger partial charge in [0.15, 0.2) is 0 Å². The number of thiophene rings is 1. The summed E-state index contributed by atoms with van der Waals surface area (Å²) in [5.74, 6) is 0.0628. The van der Waals surface area contributed by atoms with E-state index in [1.54, 1.807) is 22.7 Å². The van der Waals surface area contributed by atoms with Crippen LogP contribution < -0.4 is 5.32 Å². The number of nitrogens with one attached hydrogen (secondary N) is 1. The van der Waals surface area contributed by atoms with Crippen LogP contribution in [0.4, 0.5) is 0 Å². The quantitative estimate of drug-likeness (QED) is 0.703. The number of para-hydroxylation sites is 1. The minimum absolute atomic E-state index is 0.0628. The molecule has 0 fully saturated rings. The van der Waals surface area contributed by atoms with Gasteiger partial charge in [-0.3, -0.25) is 9.69 Å². The standard InChI is InChI=1S/C18H21N3OS2/c1-13-8-10-23-16(13)11-21(2)12-17(22)19-9-7-18-20-14-5-3-4-6-15(14)24-18/h3-6,8,10H,7,9,11-12H2,1-2H3,(H,19,22). The largest absolute Gasteiger partial charge is 0.355 e. The molecule has 6 heteroatoms. The molecule has 0 radical (unpaired) electrons. The van der Waals surface area contributed by atoms with Crippen molar-refractivity contribution < 1.29 is 4.79 Å². The Labute approximate surface area is 150 Å². The van der Waals surface area contributed by atoms with Crippen molar-refractivity contribution in [2.45, 2.75) is 19.9 Å². The minimum atomic E-state index is 0.0628. The van der Waals surface area contributed by atoms with Crippen LogP contribution in [-0.2, 0) is 17.8 Å². The van der Waals surface area contributed by atoms with Gasteiger partial charge in [0, 0.05) is 24.4 Å². The summed E-state index contributed by atoms with van der Waals surface area (Å²) < 4.78 is 1.20. The third-order valence-corrected chi connectivity index (χ3v) is 5.90. The van der Waals surface area contributed by atoms with E-state index in [1.165, 1.54) is 15.1 Å². The number of hydrogen-bond donors (Lipinski definition) is 1. The normalized spacial score (nSPS) is 11.3. The number of amides is 1. The van der Waals surface area contributed by atoms with Gasteiger partial charge >= 0.3 is 0 Å². The van der Waals surface area contributed by atoms with Gasteiger partial charge in [-0.1, -0.05) is 12.1 Å². The average Bonchev–Trinajstić information content (AvgIpc) is 3.13. The Hall–Kier alpha value is -1.76. The molecule has 0 atom stereocenters. The maximum atomic E-state index is 12.1. The molecule has 0 saturated heterocycles. The lowest BCUT2D eigenvalue weighted by Gasteiger charge is -2.15. The van der Waals surface area contributed by atoms with Gasteiger partial charge in [-0.15, -0.1) is 22.7 Å². The van der Waals surface area contributed by atoms with Crippen LogP contribution in [0.2, 0.25) is 0 Å². The number of carbonyl (C=O) groups is 1. The predicted molar refractivity (Wildman–Crippen MR) is 102 cm³/mol. The first kappa shape index (κ1) is 17.1. The van der Waals surface area contributed by atoms with Crippen LogP contribution in [0.5, 0.6) is 0 Å².